The quantitative estimate of drug-likeness (QED) is 0.762. The van der Waals surface area contributed by atoms with Crippen LogP contribution in [0.25, 0.3) is 0 Å². The van der Waals surface area contributed by atoms with E-state index in [1.54, 1.807) is 7.11 Å². The number of halogens is 1. The Morgan fingerprint density at radius 1 is 1.38 bits per heavy atom. The topological polar surface area (TPSA) is 9.23 Å². The first-order chi connectivity index (χ1) is 6.13. The zero-order valence-electron chi connectivity index (χ0n) is 8.00. The van der Waals surface area contributed by atoms with E-state index in [4.69, 9.17) is 4.74 Å². The van der Waals surface area contributed by atoms with Crippen molar-refractivity contribution in [2.75, 3.05) is 7.11 Å². The molecule has 0 amide bonds. The van der Waals surface area contributed by atoms with E-state index in [2.05, 4.69) is 35.8 Å². The van der Waals surface area contributed by atoms with Crippen LogP contribution in [0.1, 0.15) is 13.8 Å². The summed E-state index contributed by atoms with van der Waals surface area (Å²) in [5.74, 6) is 0.946. The maximum atomic E-state index is 5.26. The average Bonchev–Trinajstić information content (AvgIpc) is 2.03. The first kappa shape index (κ1) is 10.9. The lowest BCUT2D eigenvalue weighted by molar-refractivity contribution is 0.404. The van der Waals surface area contributed by atoms with Gasteiger partial charge in [-0.25, -0.2) is 0 Å². The van der Waals surface area contributed by atoms with Crippen molar-refractivity contribution in [1.29, 1.82) is 0 Å². The summed E-state index contributed by atoms with van der Waals surface area (Å²) in [7, 11) is 1.70. The van der Waals surface area contributed by atoms with Gasteiger partial charge in [-0.2, -0.15) is 0 Å². The zero-order chi connectivity index (χ0) is 9.84. The van der Waals surface area contributed by atoms with Crippen molar-refractivity contribution in [1.82, 2.24) is 0 Å². The highest BCUT2D eigenvalue weighted by atomic mass is 79.9. The normalized spacial score (nSPS) is 10.5. The lowest BCUT2D eigenvalue weighted by atomic mass is 10.3. The third-order valence-electron chi connectivity index (χ3n) is 1.49. The third kappa shape index (κ3) is 3.24. The molecule has 1 aromatic carbocycles. The number of methoxy groups -OCH3 is 1. The van der Waals surface area contributed by atoms with Gasteiger partial charge in [0.2, 0.25) is 0 Å². The van der Waals surface area contributed by atoms with Crippen LogP contribution >= 0.6 is 27.7 Å². The summed E-state index contributed by atoms with van der Waals surface area (Å²) in [5.41, 5.74) is 0. The van der Waals surface area contributed by atoms with Crippen molar-refractivity contribution in [3.63, 3.8) is 0 Å². The number of hydrogen-bond donors (Lipinski definition) is 0. The van der Waals surface area contributed by atoms with Gasteiger partial charge in [0.25, 0.3) is 0 Å². The summed E-state index contributed by atoms with van der Waals surface area (Å²) >= 11 is 5.26. The molecule has 72 valence electrons. The molecule has 1 aromatic rings. The maximum Gasteiger partial charge on any atom is 0.132 e. The van der Waals surface area contributed by atoms with E-state index in [-0.39, 0.29) is 0 Å². The van der Waals surface area contributed by atoms with E-state index in [1.807, 2.05) is 23.9 Å². The molecule has 1 nitrogen and oxygen atoms in total. The fourth-order valence-electron chi connectivity index (χ4n) is 0.997. The Labute approximate surface area is 92.0 Å². The number of benzene rings is 1. The highest BCUT2D eigenvalue weighted by Crippen LogP contribution is 2.34. The summed E-state index contributed by atoms with van der Waals surface area (Å²) in [6.07, 6.45) is 0. The van der Waals surface area contributed by atoms with E-state index in [0.29, 0.717) is 5.25 Å². The highest BCUT2D eigenvalue weighted by molar-refractivity contribution is 9.10. The summed E-state index contributed by atoms with van der Waals surface area (Å²) in [5, 5.41) is 0.572. The minimum Gasteiger partial charge on any atom is -0.496 e. The molecule has 0 aromatic heterocycles. The van der Waals surface area contributed by atoms with E-state index in [0.717, 1.165) is 10.2 Å². The van der Waals surface area contributed by atoms with Crippen molar-refractivity contribution in [3.05, 3.63) is 22.7 Å². The lowest BCUT2D eigenvalue weighted by Crippen LogP contribution is -1.90. The number of thioether (sulfide) groups is 1. The first-order valence-electron chi connectivity index (χ1n) is 4.13. The van der Waals surface area contributed by atoms with Crippen molar-refractivity contribution < 1.29 is 4.74 Å². The van der Waals surface area contributed by atoms with E-state index >= 15 is 0 Å². The van der Waals surface area contributed by atoms with Crippen LogP contribution in [0.5, 0.6) is 5.75 Å². The number of hydrogen-bond acceptors (Lipinski definition) is 2. The van der Waals surface area contributed by atoms with Gasteiger partial charge in [0, 0.05) is 9.72 Å². The lowest BCUT2D eigenvalue weighted by Gasteiger charge is -2.10. The van der Waals surface area contributed by atoms with Gasteiger partial charge >= 0.3 is 0 Å². The van der Waals surface area contributed by atoms with Gasteiger partial charge in [-0.3, -0.25) is 0 Å². The molecule has 0 radical (unpaired) electrons. The van der Waals surface area contributed by atoms with Gasteiger partial charge in [-0.15, -0.1) is 11.8 Å². The number of rotatable bonds is 3. The molecule has 1 rings (SSSR count). The van der Waals surface area contributed by atoms with Gasteiger partial charge in [0.05, 0.1) is 12.0 Å². The molecule has 0 atom stereocenters. The zero-order valence-corrected chi connectivity index (χ0v) is 10.4. The SMILES string of the molecule is COc1ccc(Br)cc1SC(C)C. The molecule has 0 unspecified atom stereocenters. The smallest absolute Gasteiger partial charge is 0.132 e. The second-order valence-electron chi connectivity index (χ2n) is 2.96. The predicted molar refractivity (Wildman–Crippen MR) is 61.7 cm³/mol. The Morgan fingerprint density at radius 3 is 2.62 bits per heavy atom. The van der Waals surface area contributed by atoms with Gasteiger partial charge in [-0.05, 0) is 18.2 Å². The van der Waals surface area contributed by atoms with Gasteiger partial charge in [-0.1, -0.05) is 29.8 Å². The van der Waals surface area contributed by atoms with Crippen molar-refractivity contribution in [2.45, 2.75) is 24.0 Å². The van der Waals surface area contributed by atoms with Crippen LogP contribution in [-0.2, 0) is 0 Å². The second kappa shape index (κ2) is 4.91. The third-order valence-corrected chi connectivity index (χ3v) is 3.03. The Bertz CT molecular complexity index is 286. The molecule has 0 aliphatic heterocycles. The maximum absolute atomic E-state index is 5.26. The molecular weight excluding hydrogens is 248 g/mol. The molecule has 0 fully saturated rings. The van der Waals surface area contributed by atoms with Crippen LogP contribution in [0.3, 0.4) is 0 Å². The van der Waals surface area contributed by atoms with Gasteiger partial charge in [0.1, 0.15) is 5.75 Å². The van der Waals surface area contributed by atoms with Crippen LogP contribution in [0.15, 0.2) is 27.6 Å². The van der Waals surface area contributed by atoms with Crippen molar-refractivity contribution in [2.24, 2.45) is 0 Å². The fourth-order valence-corrected chi connectivity index (χ4v) is 2.48. The van der Waals surface area contributed by atoms with Crippen LogP contribution in [-0.4, -0.2) is 12.4 Å². The first-order valence-corrected chi connectivity index (χ1v) is 5.81. The van der Waals surface area contributed by atoms with E-state index in [1.165, 1.54) is 4.90 Å². The summed E-state index contributed by atoms with van der Waals surface area (Å²) in [6, 6.07) is 6.06. The van der Waals surface area contributed by atoms with Crippen molar-refractivity contribution >= 4 is 27.7 Å². The molecule has 0 heterocycles. The Morgan fingerprint density at radius 2 is 2.08 bits per heavy atom. The van der Waals surface area contributed by atoms with Crippen molar-refractivity contribution in [3.8, 4) is 5.75 Å². The molecule has 3 heteroatoms. The molecule has 13 heavy (non-hydrogen) atoms. The Kier molecular flexibility index (Phi) is 4.13. The molecule has 0 saturated heterocycles. The molecule has 0 saturated carbocycles. The summed E-state index contributed by atoms with van der Waals surface area (Å²) in [4.78, 5) is 1.19. The van der Waals surface area contributed by atoms with Crippen LogP contribution in [0.4, 0.5) is 0 Å². The molecule has 0 aliphatic carbocycles. The number of ether oxygens (including phenoxy) is 1. The monoisotopic (exact) mass is 260 g/mol. The molecule has 0 spiro atoms. The summed E-state index contributed by atoms with van der Waals surface area (Å²) in [6.45, 7) is 4.34. The molecule has 0 aliphatic rings. The molecule has 0 N–H and O–H groups in total. The largest absolute Gasteiger partial charge is 0.496 e. The minimum atomic E-state index is 0.572. The van der Waals surface area contributed by atoms with Crippen LogP contribution < -0.4 is 4.74 Å². The standard InChI is InChI=1S/C10H13BrOS/c1-7(2)13-10-6-8(11)4-5-9(10)12-3/h4-7H,1-3H3. The highest BCUT2D eigenvalue weighted by Gasteiger charge is 2.05. The van der Waals surface area contributed by atoms with Crippen LogP contribution in [0.2, 0.25) is 0 Å². The van der Waals surface area contributed by atoms with Gasteiger partial charge < -0.3 is 4.74 Å². The van der Waals surface area contributed by atoms with E-state index < -0.39 is 0 Å². The Hall–Kier alpha value is -0.150. The summed E-state index contributed by atoms with van der Waals surface area (Å²) < 4.78 is 6.35. The van der Waals surface area contributed by atoms with E-state index in [9.17, 15) is 0 Å². The predicted octanol–water partition coefficient (Wildman–Crippen LogP) is 3.96. The molecular formula is C10H13BrOS. The second-order valence-corrected chi connectivity index (χ2v) is 5.50. The minimum absolute atomic E-state index is 0.572. The fraction of sp³-hybridized carbons (Fsp3) is 0.400. The average molecular weight is 261 g/mol. The Balaban J connectivity index is 2.94. The van der Waals surface area contributed by atoms with Gasteiger partial charge in [0.15, 0.2) is 0 Å². The molecule has 0 bridgehead atoms. The van der Waals surface area contributed by atoms with Crippen LogP contribution in [0, 0.1) is 0 Å².